The molecule has 1 aliphatic rings. The zero-order valence-corrected chi connectivity index (χ0v) is 8.42. The highest BCUT2D eigenvalue weighted by Gasteiger charge is 2.26. The molecule has 2 rings (SSSR count). The van der Waals surface area contributed by atoms with Crippen LogP contribution in [0.15, 0.2) is 18.2 Å². The highest BCUT2D eigenvalue weighted by molar-refractivity contribution is 5.66. The van der Waals surface area contributed by atoms with Crippen molar-refractivity contribution >= 4 is 11.7 Å². The molecule has 0 radical (unpaired) electrons. The summed E-state index contributed by atoms with van der Waals surface area (Å²) in [6.45, 7) is 2.20. The third-order valence-corrected chi connectivity index (χ3v) is 2.49. The predicted octanol–water partition coefficient (Wildman–Crippen LogP) is 1.90. The first kappa shape index (κ1) is 9.96. The van der Waals surface area contributed by atoms with Crippen LogP contribution in [-0.2, 0) is 9.53 Å². The summed E-state index contributed by atoms with van der Waals surface area (Å²) in [6.07, 6.45) is 0. The van der Waals surface area contributed by atoms with Gasteiger partial charge in [0.2, 0.25) is 0 Å². The minimum absolute atomic E-state index is 0.0786. The summed E-state index contributed by atoms with van der Waals surface area (Å²) in [5.41, 5.74) is 1.42. The third kappa shape index (κ3) is 1.93. The molecule has 0 unspecified atom stereocenters. The van der Waals surface area contributed by atoms with Crippen LogP contribution in [0.4, 0.5) is 10.1 Å². The van der Waals surface area contributed by atoms with E-state index in [1.54, 1.807) is 6.07 Å². The number of carbonyl (C=O) groups is 1. The second-order valence-corrected chi connectivity index (χ2v) is 3.58. The summed E-state index contributed by atoms with van der Waals surface area (Å²) in [7, 11) is 0. The lowest BCUT2D eigenvalue weighted by Crippen LogP contribution is -2.13. The number of ether oxygens (including phenoxy) is 1. The molecule has 1 aromatic rings. The summed E-state index contributed by atoms with van der Waals surface area (Å²) in [5.74, 6) is -0.653. The molecule has 0 saturated carbocycles. The molecule has 1 aromatic carbocycles. The van der Waals surface area contributed by atoms with Crippen molar-refractivity contribution in [3.05, 3.63) is 29.6 Å². The van der Waals surface area contributed by atoms with E-state index in [1.807, 2.05) is 6.07 Å². The van der Waals surface area contributed by atoms with Crippen molar-refractivity contribution in [2.75, 3.05) is 18.5 Å². The molecule has 1 aliphatic heterocycles. The average molecular weight is 209 g/mol. The molecule has 3 nitrogen and oxygen atoms in total. The number of esters is 1. The van der Waals surface area contributed by atoms with Crippen molar-refractivity contribution in [2.24, 2.45) is 0 Å². The fourth-order valence-electron chi connectivity index (χ4n) is 1.80. The van der Waals surface area contributed by atoms with E-state index in [2.05, 4.69) is 5.32 Å². The zero-order valence-electron chi connectivity index (χ0n) is 8.42. The van der Waals surface area contributed by atoms with Crippen LogP contribution < -0.4 is 5.32 Å². The second kappa shape index (κ2) is 3.88. The lowest BCUT2D eigenvalue weighted by atomic mass is 10.0. The number of fused-ring (bicyclic) bond motifs is 1. The number of carbonyl (C=O) groups excluding carboxylic acids is 1. The summed E-state index contributed by atoms with van der Waals surface area (Å²) in [5, 5.41) is 3.08. The Morgan fingerprint density at radius 1 is 1.67 bits per heavy atom. The molecule has 1 atom stereocenters. The second-order valence-electron chi connectivity index (χ2n) is 3.58. The monoisotopic (exact) mass is 209 g/mol. The first-order valence-electron chi connectivity index (χ1n) is 4.84. The van der Waals surface area contributed by atoms with Crippen LogP contribution in [0.25, 0.3) is 0 Å². The van der Waals surface area contributed by atoms with Gasteiger partial charge in [-0.2, -0.15) is 0 Å². The molecule has 0 bridgehead atoms. The molecule has 0 spiro atoms. The Bertz CT molecular complexity index is 392. The van der Waals surface area contributed by atoms with E-state index in [1.165, 1.54) is 13.0 Å². The quantitative estimate of drug-likeness (QED) is 0.756. The Morgan fingerprint density at radius 2 is 2.47 bits per heavy atom. The summed E-state index contributed by atoms with van der Waals surface area (Å²) >= 11 is 0. The van der Waals surface area contributed by atoms with Gasteiger partial charge in [-0.25, -0.2) is 4.39 Å². The van der Waals surface area contributed by atoms with Crippen molar-refractivity contribution in [3.63, 3.8) is 0 Å². The fourth-order valence-corrected chi connectivity index (χ4v) is 1.80. The predicted molar refractivity (Wildman–Crippen MR) is 54.3 cm³/mol. The van der Waals surface area contributed by atoms with Crippen molar-refractivity contribution in [1.29, 1.82) is 0 Å². The minimum atomic E-state index is -0.334. The van der Waals surface area contributed by atoms with Gasteiger partial charge in [-0.05, 0) is 12.1 Å². The van der Waals surface area contributed by atoms with Crippen LogP contribution in [0.1, 0.15) is 18.4 Å². The van der Waals surface area contributed by atoms with Crippen LogP contribution in [0.5, 0.6) is 0 Å². The molecule has 0 aliphatic carbocycles. The van der Waals surface area contributed by atoms with Crippen LogP contribution in [0, 0.1) is 5.82 Å². The van der Waals surface area contributed by atoms with E-state index in [4.69, 9.17) is 4.74 Å². The number of hydrogen-bond acceptors (Lipinski definition) is 3. The molecule has 0 amide bonds. The number of halogens is 1. The van der Waals surface area contributed by atoms with Gasteiger partial charge in [-0.3, -0.25) is 4.79 Å². The van der Waals surface area contributed by atoms with Crippen molar-refractivity contribution in [3.8, 4) is 0 Å². The molecule has 1 N–H and O–H groups in total. The van der Waals surface area contributed by atoms with Crippen LogP contribution in [0.3, 0.4) is 0 Å². The normalized spacial score (nSPS) is 18.1. The van der Waals surface area contributed by atoms with E-state index in [0.29, 0.717) is 12.1 Å². The minimum Gasteiger partial charge on any atom is -0.465 e. The number of nitrogens with one attached hydrogen (secondary N) is 1. The average Bonchev–Trinajstić information content (AvgIpc) is 2.59. The molecule has 0 saturated heterocycles. The maximum atomic E-state index is 13.5. The number of hydrogen-bond donors (Lipinski definition) is 1. The first-order valence-corrected chi connectivity index (χ1v) is 4.84. The van der Waals surface area contributed by atoms with Crippen LogP contribution in [0.2, 0.25) is 0 Å². The molecule has 0 aromatic heterocycles. The Balaban J connectivity index is 2.17. The number of anilines is 1. The van der Waals surface area contributed by atoms with Crippen LogP contribution >= 0.6 is 0 Å². The Labute approximate surface area is 87.2 Å². The molecule has 15 heavy (non-hydrogen) atoms. The zero-order chi connectivity index (χ0) is 10.8. The van der Waals surface area contributed by atoms with Gasteiger partial charge in [0.15, 0.2) is 0 Å². The molecule has 4 heteroatoms. The van der Waals surface area contributed by atoms with Crippen molar-refractivity contribution in [1.82, 2.24) is 0 Å². The van der Waals surface area contributed by atoms with Gasteiger partial charge >= 0.3 is 5.97 Å². The first-order chi connectivity index (χ1) is 7.18. The Morgan fingerprint density at radius 3 is 3.20 bits per heavy atom. The highest BCUT2D eigenvalue weighted by Crippen LogP contribution is 2.33. The molecule has 1 heterocycles. The van der Waals surface area contributed by atoms with Gasteiger partial charge < -0.3 is 10.1 Å². The van der Waals surface area contributed by atoms with Gasteiger partial charge in [-0.15, -0.1) is 0 Å². The van der Waals surface area contributed by atoms with Crippen molar-refractivity contribution in [2.45, 2.75) is 12.8 Å². The van der Waals surface area contributed by atoms with Gasteiger partial charge in [0, 0.05) is 30.6 Å². The summed E-state index contributed by atoms with van der Waals surface area (Å²) in [4.78, 5) is 10.7. The number of rotatable bonds is 2. The van der Waals surface area contributed by atoms with Gasteiger partial charge in [-0.1, -0.05) is 6.07 Å². The van der Waals surface area contributed by atoms with E-state index in [-0.39, 0.29) is 24.3 Å². The summed E-state index contributed by atoms with van der Waals surface area (Å²) < 4.78 is 18.4. The van der Waals surface area contributed by atoms with Crippen LogP contribution in [-0.4, -0.2) is 19.1 Å². The van der Waals surface area contributed by atoms with Gasteiger partial charge in [0.1, 0.15) is 5.82 Å². The molecule has 0 fully saturated rings. The highest BCUT2D eigenvalue weighted by atomic mass is 19.1. The maximum Gasteiger partial charge on any atom is 0.302 e. The standard InChI is InChI=1S/C11H12FNO2/c1-7(14)15-6-8-5-13-10-4-2-3-9(12)11(8)10/h2-4,8,13H,5-6H2,1H3/t8-/m0/s1. The van der Waals surface area contributed by atoms with E-state index in [0.717, 1.165) is 5.69 Å². The number of benzene rings is 1. The fraction of sp³-hybridized carbons (Fsp3) is 0.364. The lowest BCUT2D eigenvalue weighted by molar-refractivity contribution is -0.141. The van der Waals surface area contributed by atoms with E-state index in [9.17, 15) is 9.18 Å². The van der Waals surface area contributed by atoms with Gasteiger partial charge in [0.05, 0.1) is 6.61 Å². The molecular formula is C11H12FNO2. The topological polar surface area (TPSA) is 38.3 Å². The summed E-state index contributed by atoms with van der Waals surface area (Å²) in [6, 6.07) is 4.91. The lowest BCUT2D eigenvalue weighted by Gasteiger charge is -2.10. The largest absolute Gasteiger partial charge is 0.465 e. The Hall–Kier alpha value is -1.58. The molecular weight excluding hydrogens is 197 g/mol. The smallest absolute Gasteiger partial charge is 0.302 e. The maximum absolute atomic E-state index is 13.5. The van der Waals surface area contributed by atoms with Crippen molar-refractivity contribution < 1.29 is 13.9 Å². The Kier molecular flexibility index (Phi) is 2.58. The van der Waals surface area contributed by atoms with Gasteiger partial charge in [0.25, 0.3) is 0 Å². The molecule has 80 valence electrons. The SMILES string of the molecule is CC(=O)OC[C@@H]1CNc2cccc(F)c21. The van der Waals surface area contributed by atoms with E-state index < -0.39 is 0 Å². The van der Waals surface area contributed by atoms with E-state index >= 15 is 0 Å². The third-order valence-electron chi connectivity index (χ3n) is 2.49.